The highest BCUT2D eigenvalue weighted by Crippen LogP contribution is 2.55. The standard InChI is InChI=1S/C29H30ClN.C7H12O2S.3C2H6/c1-21(2)28-12-4-3-10-24(28)11-6-9-22-7-5-8-23(19-22)13-17-27-18-15-25-14-16-26(30)20-29(25)31-27;1-5-2-7(5,4-10)3-6(8)9;3*1-2/h3-5,7-8,10,12-21,27,31H,6,9,11H2,1-2H3;5,10H,2-4H2,1H3,(H,8,9);3*1-2H3/b17-13+;;;;. The Morgan fingerprint density at radius 1 is 1.00 bits per heavy atom. The number of hydrogen-bond donors (Lipinski definition) is 3. The molecule has 0 amide bonds. The number of anilines is 1. The van der Waals surface area contributed by atoms with Crippen molar-refractivity contribution in [2.24, 2.45) is 11.3 Å². The molecule has 3 unspecified atom stereocenters. The molecule has 3 aromatic carbocycles. The third-order valence-corrected chi connectivity index (χ3v) is 9.14. The van der Waals surface area contributed by atoms with E-state index in [0.717, 1.165) is 30.0 Å². The van der Waals surface area contributed by atoms with Gasteiger partial charge >= 0.3 is 5.97 Å². The van der Waals surface area contributed by atoms with Crippen molar-refractivity contribution in [3.63, 3.8) is 0 Å². The number of fused-ring (bicyclic) bond motifs is 1. The quantitative estimate of drug-likeness (QED) is 0.187. The van der Waals surface area contributed by atoms with Crippen molar-refractivity contribution in [3.05, 3.63) is 112 Å². The number of benzene rings is 3. The summed E-state index contributed by atoms with van der Waals surface area (Å²) in [5.74, 6) is 1.15. The number of aryl methyl sites for hydroxylation is 2. The van der Waals surface area contributed by atoms with Gasteiger partial charge in [-0.1, -0.05) is 153 Å². The van der Waals surface area contributed by atoms with Gasteiger partial charge in [0.25, 0.3) is 0 Å². The first kappa shape index (κ1) is 42.1. The molecule has 3 atom stereocenters. The Morgan fingerprint density at radius 2 is 1.68 bits per heavy atom. The molecule has 0 spiro atoms. The van der Waals surface area contributed by atoms with Crippen LogP contribution in [0, 0.1) is 11.3 Å². The SMILES string of the molecule is CC.CC.CC.CC(C)c1ccccc1CCCc1cccc(/C=C/C2C=Cc3ccc(Cl)cc3N2)c1.CC1CC1(CS)CC(=O)O. The number of hydrogen-bond acceptors (Lipinski definition) is 3. The minimum absolute atomic E-state index is 0.0367. The average Bonchev–Trinajstić information content (AvgIpc) is 3.74. The van der Waals surface area contributed by atoms with Crippen LogP contribution >= 0.6 is 24.2 Å². The lowest BCUT2D eigenvalue weighted by molar-refractivity contribution is -0.138. The van der Waals surface area contributed by atoms with E-state index in [1.165, 1.54) is 34.2 Å². The summed E-state index contributed by atoms with van der Waals surface area (Å²) in [4.78, 5) is 10.3. The van der Waals surface area contributed by atoms with E-state index < -0.39 is 5.97 Å². The Hall–Kier alpha value is -2.95. The van der Waals surface area contributed by atoms with Crippen molar-refractivity contribution in [2.75, 3.05) is 11.1 Å². The molecule has 3 nitrogen and oxygen atoms in total. The largest absolute Gasteiger partial charge is 0.481 e. The molecule has 2 N–H and O–H groups in total. The van der Waals surface area contributed by atoms with Crippen molar-refractivity contribution in [3.8, 4) is 0 Å². The maximum Gasteiger partial charge on any atom is 0.303 e. The van der Waals surface area contributed by atoms with Gasteiger partial charge in [0.05, 0.1) is 12.5 Å². The first-order chi connectivity index (χ1) is 22.7. The van der Waals surface area contributed by atoms with Crippen LogP contribution in [0.1, 0.15) is 115 Å². The van der Waals surface area contributed by atoms with Crippen LogP contribution in [-0.2, 0) is 17.6 Å². The van der Waals surface area contributed by atoms with Crippen LogP contribution in [0.5, 0.6) is 0 Å². The summed E-state index contributed by atoms with van der Waals surface area (Å²) in [5, 5.41) is 12.8. The van der Waals surface area contributed by atoms with Gasteiger partial charge in [-0.2, -0.15) is 12.6 Å². The molecule has 1 fully saturated rings. The molecule has 5 heteroatoms. The molecule has 0 bridgehead atoms. The zero-order chi connectivity index (χ0) is 35.4. The number of thiol groups is 1. The fraction of sp³-hybridized carbons (Fsp3) is 0.452. The first-order valence-corrected chi connectivity index (χ1v) is 18.6. The zero-order valence-electron chi connectivity index (χ0n) is 30.3. The number of aliphatic carboxylic acids is 1. The Labute approximate surface area is 297 Å². The van der Waals surface area contributed by atoms with Crippen molar-refractivity contribution < 1.29 is 9.90 Å². The molecule has 1 heterocycles. The number of nitrogens with one attached hydrogen (secondary N) is 1. The topological polar surface area (TPSA) is 49.3 Å². The Bertz CT molecular complexity index is 1390. The number of carboxylic acids is 1. The molecule has 0 radical (unpaired) electrons. The molecule has 1 saturated carbocycles. The minimum atomic E-state index is -0.696. The molecule has 3 aromatic rings. The summed E-state index contributed by atoms with van der Waals surface area (Å²) in [6, 6.07) is 23.9. The van der Waals surface area contributed by atoms with Crippen molar-refractivity contribution in [2.45, 2.75) is 106 Å². The molecular formula is C42H60ClNO2S. The fourth-order valence-electron chi connectivity index (χ4n) is 5.60. The Kier molecular flexibility index (Phi) is 20.2. The predicted molar refractivity (Wildman–Crippen MR) is 212 cm³/mol. The van der Waals surface area contributed by atoms with Crippen LogP contribution in [0.3, 0.4) is 0 Å². The van der Waals surface area contributed by atoms with E-state index in [0.29, 0.717) is 17.6 Å². The van der Waals surface area contributed by atoms with Crippen LogP contribution in [0.15, 0.2) is 78.9 Å². The molecule has 1 aliphatic carbocycles. The fourth-order valence-corrected chi connectivity index (χ4v) is 6.32. The Morgan fingerprint density at radius 3 is 2.28 bits per heavy atom. The van der Waals surface area contributed by atoms with Gasteiger partial charge in [-0.25, -0.2) is 0 Å². The number of rotatable bonds is 10. The molecule has 5 rings (SSSR count). The predicted octanol–water partition coefficient (Wildman–Crippen LogP) is 12.7. The summed E-state index contributed by atoms with van der Waals surface area (Å²) < 4.78 is 0. The minimum Gasteiger partial charge on any atom is -0.481 e. The van der Waals surface area contributed by atoms with E-state index in [4.69, 9.17) is 16.7 Å². The van der Waals surface area contributed by atoms with Crippen LogP contribution < -0.4 is 5.32 Å². The van der Waals surface area contributed by atoms with E-state index in [1.807, 2.05) is 59.7 Å². The van der Waals surface area contributed by atoms with Crippen LogP contribution in [0.4, 0.5) is 5.69 Å². The lowest BCUT2D eigenvalue weighted by Crippen LogP contribution is -2.17. The van der Waals surface area contributed by atoms with Crippen molar-refractivity contribution in [1.29, 1.82) is 0 Å². The lowest BCUT2D eigenvalue weighted by Gasteiger charge is -2.20. The van der Waals surface area contributed by atoms with E-state index in [1.54, 1.807) is 0 Å². The van der Waals surface area contributed by atoms with E-state index in [9.17, 15) is 4.79 Å². The van der Waals surface area contributed by atoms with Gasteiger partial charge in [0.15, 0.2) is 0 Å². The second kappa shape index (κ2) is 22.6. The number of carbonyl (C=O) groups is 1. The molecule has 47 heavy (non-hydrogen) atoms. The van der Waals surface area contributed by atoms with Gasteiger partial charge in [-0.3, -0.25) is 4.79 Å². The van der Waals surface area contributed by atoms with Crippen molar-refractivity contribution in [1.82, 2.24) is 0 Å². The normalized spacial score (nSPS) is 18.5. The highest BCUT2D eigenvalue weighted by molar-refractivity contribution is 7.80. The maximum absolute atomic E-state index is 10.3. The summed E-state index contributed by atoms with van der Waals surface area (Å²) in [7, 11) is 0. The summed E-state index contributed by atoms with van der Waals surface area (Å²) >= 11 is 10.3. The van der Waals surface area contributed by atoms with Crippen LogP contribution in [0.2, 0.25) is 5.02 Å². The Balaban J connectivity index is 0.000000579. The van der Waals surface area contributed by atoms with Crippen LogP contribution in [-0.4, -0.2) is 22.9 Å². The first-order valence-electron chi connectivity index (χ1n) is 17.6. The summed E-state index contributed by atoms with van der Waals surface area (Å²) in [6.45, 7) is 18.6. The van der Waals surface area contributed by atoms with Gasteiger partial charge in [-0.05, 0) is 88.6 Å². The van der Waals surface area contributed by atoms with Gasteiger partial charge < -0.3 is 10.4 Å². The van der Waals surface area contributed by atoms with Gasteiger partial charge in [0.2, 0.25) is 0 Å². The maximum atomic E-state index is 10.3. The second-order valence-electron chi connectivity index (χ2n) is 11.8. The average molecular weight is 678 g/mol. The monoisotopic (exact) mass is 677 g/mol. The smallest absolute Gasteiger partial charge is 0.303 e. The summed E-state index contributed by atoms with van der Waals surface area (Å²) in [5.41, 5.74) is 7.91. The molecule has 258 valence electrons. The third-order valence-electron chi connectivity index (χ3n) is 8.27. The van der Waals surface area contributed by atoms with Gasteiger partial charge in [-0.15, -0.1) is 0 Å². The lowest BCUT2D eigenvalue weighted by atomic mass is 9.93. The number of carboxylic acid groups (broad SMARTS) is 1. The van der Waals surface area contributed by atoms with E-state index in [2.05, 4.69) is 112 Å². The van der Waals surface area contributed by atoms with Crippen LogP contribution in [0.25, 0.3) is 12.2 Å². The third kappa shape index (κ3) is 14.0. The second-order valence-corrected chi connectivity index (χ2v) is 12.5. The highest BCUT2D eigenvalue weighted by atomic mass is 35.5. The van der Waals surface area contributed by atoms with E-state index >= 15 is 0 Å². The van der Waals surface area contributed by atoms with E-state index in [-0.39, 0.29) is 17.9 Å². The highest BCUT2D eigenvalue weighted by Gasteiger charge is 2.50. The molecule has 2 aliphatic rings. The van der Waals surface area contributed by atoms with Gasteiger partial charge in [0, 0.05) is 10.7 Å². The molecular weight excluding hydrogens is 618 g/mol. The molecule has 0 aromatic heterocycles. The van der Waals surface area contributed by atoms with Crippen molar-refractivity contribution >= 4 is 48.0 Å². The van der Waals surface area contributed by atoms with Gasteiger partial charge in [0.1, 0.15) is 0 Å². The summed E-state index contributed by atoms with van der Waals surface area (Å²) in [6.07, 6.45) is 13.5. The number of halogens is 1. The molecule has 1 aliphatic heterocycles. The zero-order valence-corrected chi connectivity index (χ0v) is 32.0. The molecule has 0 saturated heterocycles.